The van der Waals surface area contributed by atoms with Crippen LogP contribution in [0.1, 0.15) is 84.1 Å². The first-order chi connectivity index (χ1) is 15.5. The highest BCUT2D eigenvalue weighted by Crippen LogP contribution is 2.82. The van der Waals surface area contributed by atoms with E-state index in [2.05, 4.69) is 55.7 Å². The molecule has 32 heavy (non-hydrogen) atoms. The molecule has 1 aromatic rings. The van der Waals surface area contributed by atoms with Crippen molar-refractivity contribution >= 4 is 6.72 Å². The first-order valence-electron chi connectivity index (χ1n) is 13.7. The zero-order valence-corrected chi connectivity index (χ0v) is 20.7. The van der Waals surface area contributed by atoms with Gasteiger partial charge in [-0.15, -0.1) is 0 Å². The number of ether oxygens (including phenoxy) is 1. The van der Waals surface area contributed by atoms with Gasteiger partial charge in [0.2, 0.25) is 0 Å². The van der Waals surface area contributed by atoms with Gasteiger partial charge in [-0.05, 0) is 74.2 Å². The molecule has 6 aliphatic rings. The average molecular weight is 435 g/mol. The molecular weight excluding hydrogens is 390 g/mol. The van der Waals surface area contributed by atoms with Gasteiger partial charge >= 0.3 is 0 Å². The summed E-state index contributed by atoms with van der Waals surface area (Å²) in [5, 5.41) is 0. The molecule has 1 unspecified atom stereocenters. The van der Waals surface area contributed by atoms with Crippen LogP contribution in [0.4, 0.5) is 0 Å². The molecule has 4 aliphatic carbocycles. The molecule has 6 fully saturated rings. The normalized spacial score (nSPS) is 46.1. The quantitative estimate of drug-likeness (QED) is 0.343. The first kappa shape index (κ1) is 21.4. The highest BCUT2D eigenvalue weighted by Gasteiger charge is 2.84. The fourth-order valence-corrected chi connectivity index (χ4v) is 10.8. The zero-order chi connectivity index (χ0) is 22.1. The van der Waals surface area contributed by atoms with Crippen LogP contribution < -0.4 is 0 Å². The number of nitrogens with zero attached hydrogens (tertiary/aromatic N) is 1. The Morgan fingerprint density at radius 3 is 2.66 bits per heavy atom. The van der Waals surface area contributed by atoms with Crippen LogP contribution in [0.15, 0.2) is 30.3 Å². The zero-order valence-electron chi connectivity index (χ0n) is 20.7. The molecule has 0 amide bonds. The van der Waals surface area contributed by atoms with Gasteiger partial charge in [-0.2, -0.15) is 0 Å². The maximum Gasteiger partial charge on any atom is 0.161 e. The third kappa shape index (κ3) is 2.54. The summed E-state index contributed by atoms with van der Waals surface area (Å²) in [7, 11) is 0. The number of benzene rings is 1. The van der Waals surface area contributed by atoms with Crippen molar-refractivity contribution in [2.75, 3.05) is 6.61 Å². The third-order valence-corrected chi connectivity index (χ3v) is 11.7. The van der Waals surface area contributed by atoms with E-state index in [0.29, 0.717) is 22.3 Å². The molecule has 1 aromatic carbocycles. The molecule has 2 nitrogen and oxygen atoms in total. The summed E-state index contributed by atoms with van der Waals surface area (Å²) >= 11 is 0. The fourth-order valence-electron chi connectivity index (χ4n) is 10.8. The van der Waals surface area contributed by atoms with Crippen molar-refractivity contribution < 1.29 is 9.31 Å². The fraction of sp³-hybridized carbons (Fsp3) is 0.767. The van der Waals surface area contributed by atoms with E-state index in [1.165, 1.54) is 63.4 Å². The summed E-state index contributed by atoms with van der Waals surface area (Å²) in [6.07, 6.45) is 12.8. The molecule has 1 spiro atoms. The van der Waals surface area contributed by atoms with E-state index >= 15 is 0 Å². The largest absolute Gasteiger partial charge is 0.377 e. The molecule has 0 radical (unpaired) electrons. The van der Waals surface area contributed by atoms with Crippen LogP contribution >= 0.6 is 0 Å². The molecule has 0 aromatic heterocycles. The molecule has 0 N–H and O–H groups in total. The lowest BCUT2D eigenvalue weighted by Crippen LogP contribution is -2.79. The predicted molar refractivity (Wildman–Crippen MR) is 131 cm³/mol. The number of rotatable bonds is 7. The van der Waals surface area contributed by atoms with Crippen LogP contribution in [-0.2, 0) is 11.3 Å². The third-order valence-electron chi connectivity index (χ3n) is 11.7. The molecule has 2 heterocycles. The van der Waals surface area contributed by atoms with Crippen molar-refractivity contribution in [2.45, 2.75) is 97.2 Å². The van der Waals surface area contributed by atoms with Crippen molar-refractivity contribution in [3.63, 3.8) is 0 Å². The van der Waals surface area contributed by atoms with Crippen LogP contribution in [0.2, 0.25) is 0 Å². The van der Waals surface area contributed by atoms with Gasteiger partial charge in [0, 0.05) is 29.3 Å². The molecule has 7 rings (SSSR count). The van der Waals surface area contributed by atoms with Gasteiger partial charge in [0.25, 0.3) is 0 Å². The van der Waals surface area contributed by atoms with Crippen LogP contribution in [0, 0.1) is 39.9 Å². The van der Waals surface area contributed by atoms with Gasteiger partial charge in [-0.1, -0.05) is 57.5 Å². The Morgan fingerprint density at radius 1 is 1.06 bits per heavy atom. The minimum Gasteiger partial charge on any atom is -0.377 e. The van der Waals surface area contributed by atoms with Gasteiger partial charge < -0.3 is 4.74 Å². The van der Waals surface area contributed by atoms with Gasteiger partial charge in [0.05, 0.1) is 6.61 Å². The molecule has 2 saturated heterocycles. The summed E-state index contributed by atoms with van der Waals surface area (Å²) in [6.45, 7) is 14.3. The van der Waals surface area contributed by atoms with Crippen LogP contribution in [0.3, 0.4) is 0 Å². The summed E-state index contributed by atoms with van der Waals surface area (Å²) in [5.41, 5.74) is 2.84. The van der Waals surface area contributed by atoms with E-state index in [1.54, 1.807) is 0 Å². The van der Waals surface area contributed by atoms with Crippen molar-refractivity contribution in [1.82, 2.24) is 0 Å². The smallest absolute Gasteiger partial charge is 0.161 e. The summed E-state index contributed by atoms with van der Waals surface area (Å²) in [6, 6.07) is 12.1. The molecular formula is C30H44NO+. The molecule has 8 atom stereocenters. The van der Waals surface area contributed by atoms with Crippen LogP contribution in [0.5, 0.6) is 0 Å². The molecule has 2 aliphatic heterocycles. The highest BCUT2D eigenvalue weighted by molar-refractivity contribution is 5.30. The lowest BCUT2D eigenvalue weighted by atomic mass is 9.33. The maximum absolute atomic E-state index is 6.22. The van der Waals surface area contributed by atoms with Crippen LogP contribution in [-0.4, -0.2) is 30.0 Å². The van der Waals surface area contributed by atoms with Gasteiger partial charge in [-0.25, -0.2) is 4.58 Å². The number of piperidine rings is 2. The standard InChI is InChI=1S/C30H44NO/c1-21(2)23-13-17-28(3)24-14-18-29-15-8-12-25(29)30(28,26(23)31(4)27(24)29)16-9-19-32-20-22-10-6-5-7-11-22/h5-7,10-11,21,23-27H,4,8-9,12-20H2,1-3H3/q+1/t23-,24-,25-,26+,27?,28+,29-,30+/m1/s1. The Balaban J connectivity index is 1.31. The molecule has 4 saturated carbocycles. The van der Waals surface area contributed by atoms with Crippen molar-refractivity contribution in [3.8, 4) is 0 Å². The van der Waals surface area contributed by atoms with Gasteiger partial charge in [-0.3, -0.25) is 0 Å². The van der Waals surface area contributed by atoms with Crippen molar-refractivity contribution in [2.24, 2.45) is 39.9 Å². The number of hydrogen-bond donors (Lipinski definition) is 0. The Morgan fingerprint density at radius 2 is 1.88 bits per heavy atom. The predicted octanol–water partition coefficient (Wildman–Crippen LogP) is 6.72. The Bertz CT molecular complexity index is 878. The molecule has 2 heteroatoms. The highest BCUT2D eigenvalue weighted by atomic mass is 16.5. The summed E-state index contributed by atoms with van der Waals surface area (Å²) in [4.78, 5) is 0. The SMILES string of the molecule is C=[N+]1C2[C@H]3CC[C@@]24CCC[C@H]4[C@@]2(CCCOCc4ccccc4)[C@@H]1[C@@H](C(C)C)CC[C@@]32C. The Kier molecular flexibility index (Phi) is 4.96. The lowest BCUT2D eigenvalue weighted by molar-refractivity contribution is -0.694. The second-order valence-corrected chi connectivity index (χ2v) is 12.8. The Labute approximate surface area is 195 Å². The van der Waals surface area contributed by atoms with E-state index in [1.807, 2.05) is 0 Å². The summed E-state index contributed by atoms with van der Waals surface area (Å²) in [5.74, 6) is 3.38. The monoisotopic (exact) mass is 434 g/mol. The van der Waals surface area contributed by atoms with E-state index in [9.17, 15) is 0 Å². The first-order valence-corrected chi connectivity index (χ1v) is 13.7. The van der Waals surface area contributed by atoms with Crippen LogP contribution in [0.25, 0.3) is 0 Å². The van der Waals surface area contributed by atoms with Gasteiger partial charge in [0.1, 0.15) is 6.72 Å². The summed E-state index contributed by atoms with van der Waals surface area (Å²) < 4.78 is 8.98. The molecule has 174 valence electrons. The minimum atomic E-state index is 0.449. The average Bonchev–Trinajstić information content (AvgIpc) is 3.38. The minimum absolute atomic E-state index is 0.449. The van der Waals surface area contributed by atoms with Gasteiger partial charge in [0.15, 0.2) is 12.1 Å². The van der Waals surface area contributed by atoms with E-state index in [4.69, 9.17) is 11.5 Å². The van der Waals surface area contributed by atoms with E-state index in [0.717, 1.165) is 42.9 Å². The second kappa shape index (κ2) is 7.42. The van der Waals surface area contributed by atoms with E-state index in [-0.39, 0.29) is 0 Å². The number of hydrogen-bond acceptors (Lipinski definition) is 1. The van der Waals surface area contributed by atoms with Crippen molar-refractivity contribution in [3.05, 3.63) is 35.9 Å². The van der Waals surface area contributed by atoms with Crippen molar-refractivity contribution in [1.29, 1.82) is 0 Å². The topological polar surface area (TPSA) is 12.2 Å². The second-order valence-electron chi connectivity index (χ2n) is 12.8. The van der Waals surface area contributed by atoms with E-state index < -0.39 is 0 Å². The molecule has 6 bridgehead atoms. The Hall–Kier alpha value is -1.15. The maximum atomic E-state index is 6.22. The lowest BCUT2D eigenvalue weighted by Gasteiger charge is -2.72.